The standard InChI is InChI=1S/C20H20N4O5/c1-11(25)23-9-14-7-13(17(20(28)29)24-16(14)18(23)19(24)27)5-4-12-3-2-6-22(8-12)10-15(21)26/h2-6,8,14,16,18H,7,9-10H2,1H3,(H2-,21,26,28,29)/p+1/t14?,16-,18?/m1/s1. The van der Waals surface area contributed by atoms with E-state index in [-0.39, 0.29) is 36.0 Å². The Morgan fingerprint density at radius 2 is 2.10 bits per heavy atom. The number of allylic oxidation sites excluding steroid dienone is 2. The highest BCUT2D eigenvalue weighted by molar-refractivity contribution is 6.02. The number of amides is 3. The smallest absolute Gasteiger partial charge is 0.352 e. The number of carboxylic acids is 1. The van der Waals surface area contributed by atoms with Crippen molar-refractivity contribution in [1.29, 1.82) is 0 Å². The molecule has 3 aliphatic rings. The van der Waals surface area contributed by atoms with Crippen LogP contribution in [-0.4, -0.2) is 57.2 Å². The lowest BCUT2D eigenvalue weighted by molar-refractivity contribution is -0.684. The minimum atomic E-state index is -1.16. The van der Waals surface area contributed by atoms with E-state index < -0.39 is 17.9 Å². The van der Waals surface area contributed by atoms with Crippen molar-refractivity contribution in [3.63, 3.8) is 0 Å². The number of nitrogens with zero attached hydrogens (tertiary/aromatic N) is 3. The fraction of sp³-hybridized carbons (Fsp3) is 0.350. The van der Waals surface area contributed by atoms with E-state index in [2.05, 4.69) is 0 Å². The Morgan fingerprint density at radius 1 is 1.34 bits per heavy atom. The number of primary amides is 1. The summed E-state index contributed by atoms with van der Waals surface area (Å²) in [6.45, 7) is 1.91. The Hall–Kier alpha value is -3.49. The molecule has 2 fully saturated rings. The van der Waals surface area contributed by atoms with Gasteiger partial charge in [-0.1, -0.05) is 6.08 Å². The molecule has 0 aromatic carbocycles. The third-order valence-electron chi connectivity index (χ3n) is 5.69. The molecule has 9 nitrogen and oxygen atoms in total. The number of hydrogen-bond acceptors (Lipinski definition) is 4. The van der Waals surface area contributed by atoms with Crippen LogP contribution in [0.3, 0.4) is 0 Å². The molecular formula is C20H21N4O5+. The summed E-state index contributed by atoms with van der Waals surface area (Å²) in [7, 11) is 0. The molecule has 4 rings (SSSR count). The molecule has 3 aliphatic heterocycles. The summed E-state index contributed by atoms with van der Waals surface area (Å²) in [6, 6.07) is 2.78. The molecule has 2 saturated heterocycles. The van der Waals surface area contributed by atoms with E-state index in [1.807, 2.05) is 6.07 Å². The van der Waals surface area contributed by atoms with Gasteiger partial charge in [0, 0.05) is 31.0 Å². The molecule has 0 spiro atoms. The SMILES string of the molecule is CC(=O)N1CC2CC(C=Cc3ccc[n+](CC(N)=O)c3)=C(C(=O)O)N3C(=O)C1[C@@H]23. The number of nitrogens with two attached hydrogens (primary N) is 1. The van der Waals surface area contributed by atoms with Crippen LogP contribution in [0.2, 0.25) is 0 Å². The maximum absolute atomic E-state index is 12.6. The van der Waals surface area contributed by atoms with Gasteiger partial charge >= 0.3 is 5.97 Å². The van der Waals surface area contributed by atoms with Crippen LogP contribution in [0.1, 0.15) is 18.9 Å². The number of carbonyl (C=O) groups excluding carboxylic acids is 3. The van der Waals surface area contributed by atoms with E-state index in [0.29, 0.717) is 18.5 Å². The zero-order valence-electron chi connectivity index (χ0n) is 15.8. The van der Waals surface area contributed by atoms with Crippen LogP contribution in [0.5, 0.6) is 0 Å². The molecule has 150 valence electrons. The fourth-order valence-corrected chi connectivity index (χ4v) is 4.56. The second-order valence-electron chi connectivity index (χ2n) is 7.57. The molecule has 3 amide bonds. The molecule has 0 saturated carbocycles. The molecule has 0 radical (unpaired) electrons. The fourth-order valence-electron chi connectivity index (χ4n) is 4.56. The number of likely N-dealkylation sites (tertiary alicyclic amines) is 1. The lowest BCUT2D eigenvalue weighted by atomic mass is 9.79. The highest BCUT2D eigenvalue weighted by Crippen LogP contribution is 2.47. The molecule has 29 heavy (non-hydrogen) atoms. The molecule has 2 unspecified atom stereocenters. The maximum Gasteiger partial charge on any atom is 0.352 e. The first-order chi connectivity index (χ1) is 13.8. The van der Waals surface area contributed by atoms with Crippen LogP contribution in [0.4, 0.5) is 0 Å². The van der Waals surface area contributed by atoms with Gasteiger partial charge in [-0.25, -0.2) is 4.79 Å². The van der Waals surface area contributed by atoms with Crippen molar-refractivity contribution in [3.05, 3.63) is 47.4 Å². The highest BCUT2D eigenvalue weighted by atomic mass is 16.4. The third kappa shape index (κ3) is 3.08. The van der Waals surface area contributed by atoms with Crippen molar-refractivity contribution >= 4 is 29.8 Å². The molecule has 1 aromatic rings. The Balaban J connectivity index is 1.65. The molecule has 3 atom stereocenters. The second-order valence-corrected chi connectivity index (χ2v) is 7.57. The van der Waals surface area contributed by atoms with Gasteiger partial charge in [0.2, 0.25) is 12.5 Å². The predicted molar refractivity (Wildman–Crippen MR) is 99.4 cm³/mol. The van der Waals surface area contributed by atoms with Crippen molar-refractivity contribution in [2.75, 3.05) is 6.54 Å². The topological polar surface area (TPSA) is 125 Å². The average molecular weight is 397 g/mol. The van der Waals surface area contributed by atoms with Crippen LogP contribution in [-0.2, 0) is 25.7 Å². The van der Waals surface area contributed by atoms with Crippen LogP contribution >= 0.6 is 0 Å². The first-order valence-corrected chi connectivity index (χ1v) is 9.30. The summed E-state index contributed by atoms with van der Waals surface area (Å²) in [5, 5.41) is 9.74. The van der Waals surface area contributed by atoms with Gasteiger partial charge in [0.05, 0.1) is 6.04 Å². The van der Waals surface area contributed by atoms with E-state index in [4.69, 9.17) is 5.73 Å². The summed E-state index contributed by atoms with van der Waals surface area (Å²) >= 11 is 0. The molecular weight excluding hydrogens is 376 g/mol. The zero-order valence-corrected chi connectivity index (χ0v) is 15.8. The van der Waals surface area contributed by atoms with Gasteiger partial charge in [-0.15, -0.1) is 0 Å². The Kier molecular flexibility index (Phi) is 4.45. The van der Waals surface area contributed by atoms with Crippen molar-refractivity contribution in [2.45, 2.75) is 32.0 Å². The van der Waals surface area contributed by atoms with Crippen LogP contribution in [0.15, 0.2) is 41.9 Å². The van der Waals surface area contributed by atoms with Crippen molar-refractivity contribution in [2.24, 2.45) is 11.7 Å². The minimum Gasteiger partial charge on any atom is -0.477 e. The number of aliphatic carboxylic acids is 1. The normalized spacial score (nSPS) is 25.3. The van der Waals surface area contributed by atoms with Gasteiger partial charge in [0.1, 0.15) is 11.7 Å². The lowest BCUT2D eigenvalue weighted by Gasteiger charge is -2.49. The summed E-state index contributed by atoms with van der Waals surface area (Å²) in [4.78, 5) is 50.4. The molecule has 1 aromatic heterocycles. The number of aromatic nitrogens is 1. The van der Waals surface area contributed by atoms with Crippen molar-refractivity contribution in [1.82, 2.24) is 9.80 Å². The number of hydrogen-bond donors (Lipinski definition) is 2. The van der Waals surface area contributed by atoms with Gasteiger partial charge < -0.3 is 15.7 Å². The number of carboxylic acid groups (broad SMARTS) is 1. The van der Waals surface area contributed by atoms with E-state index in [1.165, 1.54) is 11.8 Å². The van der Waals surface area contributed by atoms with Crippen molar-refractivity contribution in [3.8, 4) is 0 Å². The first kappa shape index (κ1) is 18.9. The molecule has 3 N–H and O–H groups in total. The highest BCUT2D eigenvalue weighted by Gasteiger charge is 2.63. The number of pyridine rings is 1. The maximum atomic E-state index is 12.6. The second kappa shape index (κ2) is 6.84. The van der Waals surface area contributed by atoms with E-state index in [9.17, 15) is 24.3 Å². The zero-order chi connectivity index (χ0) is 20.9. The summed E-state index contributed by atoms with van der Waals surface area (Å²) < 4.78 is 1.64. The summed E-state index contributed by atoms with van der Waals surface area (Å²) in [6.07, 6.45) is 7.35. The predicted octanol–water partition coefficient (Wildman–Crippen LogP) is -0.727. The number of carbonyl (C=O) groups is 4. The molecule has 0 bridgehead atoms. The van der Waals surface area contributed by atoms with Crippen LogP contribution in [0.25, 0.3) is 6.08 Å². The van der Waals surface area contributed by atoms with E-state index in [1.54, 1.807) is 40.1 Å². The molecule has 0 aliphatic carbocycles. The monoisotopic (exact) mass is 397 g/mol. The van der Waals surface area contributed by atoms with Gasteiger partial charge in [0.15, 0.2) is 12.4 Å². The molecule has 9 heteroatoms. The van der Waals surface area contributed by atoms with Gasteiger partial charge in [-0.2, -0.15) is 4.57 Å². The van der Waals surface area contributed by atoms with Crippen molar-refractivity contribution < 1.29 is 28.9 Å². The van der Waals surface area contributed by atoms with Gasteiger partial charge in [0.25, 0.3) is 11.8 Å². The van der Waals surface area contributed by atoms with Gasteiger partial charge in [-0.05, 0) is 24.1 Å². The summed E-state index contributed by atoms with van der Waals surface area (Å²) in [5.41, 5.74) is 6.50. The van der Waals surface area contributed by atoms with E-state index in [0.717, 1.165) is 5.56 Å². The number of β-lactam (4-membered cyclic amide) rings is 1. The van der Waals surface area contributed by atoms with Gasteiger partial charge in [-0.3, -0.25) is 19.3 Å². The Bertz CT molecular complexity index is 998. The summed E-state index contributed by atoms with van der Waals surface area (Å²) in [5.74, 6) is -2.12. The minimum absolute atomic E-state index is 0.0138. The molecule has 4 heterocycles. The average Bonchev–Trinajstić information content (AvgIpc) is 3.02. The quantitative estimate of drug-likeness (QED) is 0.501. The number of rotatable bonds is 5. The van der Waals surface area contributed by atoms with E-state index >= 15 is 0 Å². The third-order valence-corrected chi connectivity index (χ3v) is 5.69. The lowest BCUT2D eigenvalue weighted by Crippen LogP contribution is -2.69. The van der Waals surface area contributed by atoms with Crippen LogP contribution < -0.4 is 10.3 Å². The Labute approximate surface area is 166 Å². The Morgan fingerprint density at radius 3 is 2.76 bits per heavy atom. The van der Waals surface area contributed by atoms with Crippen LogP contribution in [0, 0.1) is 5.92 Å². The largest absolute Gasteiger partial charge is 0.477 e. The first-order valence-electron chi connectivity index (χ1n) is 9.30.